The summed E-state index contributed by atoms with van der Waals surface area (Å²) in [5, 5.41) is 7.54. The number of rotatable bonds is 3. The van der Waals surface area contributed by atoms with Crippen LogP contribution in [0.15, 0.2) is 32.6 Å². The topological polar surface area (TPSA) is 102 Å². The smallest absolute Gasteiger partial charge is 0.329 e. The van der Waals surface area contributed by atoms with E-state index in [9.17, 15) is 14.4 Å². The second kappa shape index (κ2) is 6.46. The zero-order chi connectivity index (χ0) is 17.3. The third-order valence-corrected chi connectivity index (χ3v) is 4.51. The molecule has 0 spiro atoms. The Morgan fingerprint density at radius 3 is 2.50 bits per heavy atom. The lowest BCUT2D eigenvalue weighted by atomic mass is 9.91. The first-order valence-corrected chi connectivity index (χ1v) is 8.07. The molecule has 2 aromatic rings. The van der Waals surface area contributed by atoms with Crippen LogP contribution in [-0.2, 0) is 7.05 Å². The lowest BCUT2D eigenvalue weighted by Gasteiger charge is -2.30. The summed E-state index contributed by atoms with van der Waals surface area (Å²) in [7, 11) is 1.43. The number of aryl methyl sites for hydroxylation is 1. The van der Waals surface area contributed by atoms with Gasteiger partial charge >= 0.3 is 5.69 Å². The van der Waals surface area contributed by atoms with Gasteiger partial charge in [0.05, 0.1) is 11.7 Å². The van der Waals surface area contributed by atoms with Gasteiger partial charge in [0.2, 0.25) is 0 Å². The molecule has 0 radical (unpaired) electrons. The average Bonchev–Trinajstić information content (AvgIpc) is 2.56. The van der Waals surface area contributed by atoms with Gasteiger partial charge in [0.1, 0.15) is 5.82 Å². The van der Waals surface area contributed by atoms with Gasteiger partial charge in [0, 0.05) is 25.2 Å². The Kier molecular flexibility index (Phi) is 4.37. The Labute approximate surface area is 138 Å². The molecule has 3 rings (SSSR count). The van der Waals surface area contributed by atoms with Crippen LogP contribution >= 0.6 is 0 Å². The summed E-state index contributed by atoms with van der Waals surface area (Å²) in [6, 6.07) is 4.91. The standard InChI is InChI=1S/C16H21N5O3/c1-10-3-8-14(22)21(19-10)12-6-4-11(5-7-12)17-13-9-15(23)20(2)16(24)18-13/h3,8-9,11-12,17H,4-7H2,1-2H3,(H,18,24). The predicted octanol–water partition coefficient (Wildman–Crippen LogP) is 0.535. The number of nitrogens with one attached hydrogen (secondary N) is 2. The van der Waals surface area contributed by atoms with E-state index in [0.717, 1.165) is 35.9 Å². The van der Waals surface area contributed by atoms with Gasteiger partial charge in [-0.05, 0) is 38.7 Å². The van der Waals surface area contributed by atoms with E-state index in [-0.39, 0.29) is 23.2 Å². The molecule has 1 fully saturated rings. The zero-order valence-corrected chi connectivity index (χ0v) is 13.8. The lowest BCUT2D eigenvalue weighted by Crippen LogP contribution is -2.36. The molecular weight excluding hydrogens is 310 g/mol. The Bertz CT molecular complexity index is 872. The zero-order valence-electron chi connectivity index (χ0n) is 13.8. The maximum absolute atomic E-state index is 12.0. The molecule has 1 aliphatic rings. The van der Waals surface area contributed by atoms with Crippen molar-refractivity contribution in [1.82, 2.24) is 19.3 Å². The van der Waals surface area contributed by atoms with Crippen molar-refractivity contribution in [2.75, 3.05) is 5.32 Å². The number of hydrogen-bond acceptors (Lipinski definition) is 5. The van der Waals surface area contributed by atoms with E-state index in [1.807, 2.05) is 6.92 Å². The van der Waals surface area contributed by atoms with Crippen LogP contribution in [0.25, 0.3) is 0 Å². The Hall–Kier alpha value is -2.64. The largest absolute Gasteiger partial charge is 0.369 e. The third kappa shape index (κ3) is 3.32. The molecule has 0 atom stereocenters. The van der Waals surface area contributed by atoms with Crippen LogP contribution in [0.3, 0.4) is 0 Å². The number of anilines is 1. The molecular formula is C16H21N5O3. The van der Waals surface area contributed by atoms with Crippen molar-refractivity contribution in [3.05, 3.63) is 55.1 Å². The highest BCUT2D eigenvalue weighted by Crippen LogP contribution is 2.28. The van der Waals surface area contributed by atoms with Gasteiger partial charge in [-0.2, -0.15) is 5.10 Å². The first-order chi connectivity index (χ1) is 11.4. The molecule has 128 valence electrons. The van der Waals surface area contributed by atoms with Crippen molar-refractivity contribution in [1.29, 1.82) is 0 Å². The van der Waals surface area contributed by atoms with Crippen LogP contribution in [0.2, 0.25) is 0 Å². The normalized spacial score (nSPS) is 20.8. The maximum atomic E-state index is 12.0. The molecule has 0 aliphatic heterocycles. The van der Waals surface area contributed by atoms with Crippen molar-refractivity contribution in [2.45, 2.75) is 44.7 Å². The molecule has 2 heterocycles. The van der Waals surface area contributed by atoms with Gasteiger partial charge in [-0.3, -0.25) is 19.1 Å². The summed E-state index contributed by atoms with van der Waals surface area (Å²) in [6.45, 7) is 1.87. The van der Waals surface area contributed by atoms with E-state index in [1.165, 1.54) is 13.1 Å². The molecule has 2 aromatic heterocycles. The van der Waals surface area contributed by atoms with E-state index < -0.39 is 5.69 Å². The number of hydrogen-bond donors (Lipinski definition) is 2. The van der Waals surface area contributed by atoms with E-state index in [0.29, 0.717) is 5.82 Å². The van der Waals surface area contributed by atoms with Crippen molar-refractivity contribution in [3.63, 3.8) is 0 Å². The van der Waals surface area contributed by atoms with Crippen molar-refractivity contribution in [3.8, 4) is 0 Å². The molecule has 8 heteroatoms. The minimum atomic E-state index is -0.436. The van der Waals surface area contributed by atoms with Gasteiger partial charge < -0.3 is 5.32 Å². The second-order valence-electron chi connectivity index (χ2n) is 6.29. The van der Waals surface area contributed by atoms with Gasteiger partial charge in [-0.15, -0.1) is 0 Å². The fourth-order valence-electron chi connectivity index (χ4n) is 3.10. The first-order valence-electron chi connectivity index (χ1n) is 8.07. The fraction of sp³-hybridized carbons (Fsp3) is 0.500. The Morgan fingerprint density at radius 1 is 1.12 bits per heavy atom. The van der Waals surface area contributed by atoms with Crippen molar-refractivity contribution >= 4 is 5.82 Å². The van der Waals surface area contributed by atoms with E-state index >= 15 is 0 Å². The average molecular weight is 331 g/mol. The van der Waals surface area contributed by atoms with Crippen LogP contribution < -0.4 is 22.1 Å². The molecule has 24 heavy (non-hydrogen) atoms. The Balaban J connectivity index is 1.67. The summed E-state index contributed by atoms with van der Waals surface area (Å²) in [5.41, 5.74) is -0.0277. The number of H-pyrrole nitrogens is 1. The van der Waals surface area contributed by atoms with E-state index in [1.54, 1.807) is 16.8 Å². The molecule has 2 N–H and O–H groups in total. The van der Waals surface area contributed by atoms with E-state index in [4.69, 9.17) is 0 Å². The number of nitrogens with zero attached hydrogens (tertiary/aromatic N) is 3. The molecule has 0 aromatic carbocycles. The number of aromatic nitrogens is 4. The highest BCUT2D eigenvalue weighted by molar-refractivity contribution is 5.33. The quantitative estimate of drug-likeness (QED) is 0.854. The summed E-state index contributed by atoms with van der Waals surface area (Å²) < 4.78 is 2.60. The Morgan fingerprint density at radius 2 is 1.83 bits per heavy atom. The van der Waals surface area contributed by atoms with Crippen LogP contribution in [0, 0.1) is 6.92 Å². The lowest BCUT2D eigenvalue weighted by molar-refractivity contribution is 0.302. The summed E-state index contributed by atoms with van der Waals surface area (Å²) in [6.07, 6.45) is 3.32. The third-order valence-electron chi connectivity index (χ3n) is 4.51. The molecule has 0 bridgehead atoms. The highest BCUT2D eigenvalue weighted by Gasteiger charge is 2.24. The minimum Gasteiger partial charge on any atom is -0.369 e. The summed E-state index contributed by atoms with van der Waals surface area (Å²) in [5.74, 6) is 0.442. The second-order valence-corrected chi connectivity index (χ2v) is 6.29. The molecule has 8 nitrogen and oxygen atoms in total. The van der Waals surface area contributed by atoms with Gasteiger partial charge in [-0.25, -0.2) is 9.48 Å². The minimum absolute atomic E-state index is 0.0760. The number of aromatic amines is 1. The van der Waals surface area contributed by atoms with Crippen LogP contribution in [0.1, 0.15) is 37.4 Å². The van der Waals surface area contributed by atoms with Crippen LogP contribution in [0.5, 0.6) is 0 Å². The van der Waals surface area contributed by atoms with Gasteiger partial charge in [0.25, 0.3) is 11.1 Å². The molecule has 0 amide bonds. The maximum Gasteiger partial charge on any atom is 0.329 e. The van der Waals surface area contributed by atoms with Crippen molar-refractivity contribution < 1.29 is 0 Å². The van der Waals surface area contributed by atoms with Crippen LogP contribution in [-0.4, -0.2) is 25.4 Å². The van der Waals surface area contributed by atoms with Crippen LogP contribution in [0.4, 0.5) is 5.82 Å². The molecule has 1 saturated carbocycles. The molecule has 0 saturated heterocycles. The molecule has 1 aliphatic carbocycles. The van der Waals surface area contributed by atoms with Gasteiger partial charge in [-0.1, -0.05) is 0 Å². The highest BCUT2D eigenvalue weighted by atomic mass is 16.2. The van der Waals surface area contributed by atoms with Crippen molar-refractivity contribution in [2.24, 2.45) is 7.05 Å². The summed E-state index contributed by atoms with van der Waals surface area (Å²) >= 11 is 0. The summed E-state index contributed by atoms with van der Waals surface area (Å²) in [4.78, 5) is 37.9. The van der Waals surface area contributed by atoms with E-state index in [2.05, 4.69) is 15.4 Å². The SMILES string of the molecule is Cc1ccc(=O)n(C2CCC(Nc3cc(=O)n(C)c(=O)[nH]3)CC2)n1. The monoisotopic (exact) mass is 331 g/mol. The fourth-order valence-corrected chi connectivity index (χ4v) is 3.10. The predicted molar refractivity (Wildman–Crippen MR) is 90.5 cm³/mol. The van der Waals surface area contributed by atoms with Gasteiger partial charge in [0.15, 0.2) is 0 Å². The first kappa shape index (κ1) is 16.2. The molecule has 0 unspecified atom stereocenters.